The van der Waals surface area contributed by atoms with Gasteiger partial charge in [-0.3, -0.25) is 0 Å². The smallest absolute Gasteiger partial charge is 0.134 e. The zero-order valence-corrected chi connectivity index (χ0v) is 6.78. The van der Waals surface area contributed by atoms with Crippen molar-refractivity contribution >= 4 is 0 Å². The fourth-order valence-electron chi connectivity index (χ4n) is 0.828. The normalized spacial score (nSPS) is 8.23. The van der Waals surface area contributed by atoms with Gasteiger partial charge in [0, 0.05) is 0 Å². The molecule has 0 aliphatic rings. The van der Waals surface area contributed by atoms with Crippen molar-refractivity contribution in [1.29, 1.82) is 5.26 Å². The Morgan fingerprint density at radius 3 is 2.38 bits per heavy atom. The number of benzene rings is 1. The van der Waals surface area contributed by atoms with Crippen LogP contribution in [0.4, 0.5) is 0 Å². The molecule has 0 unspecified atom stereocenters. The molecule has 0 fully saturated rings. The minimum Gasteiger partial charge on any atom is -0.507 e. The van der Waals surface area contributed by atoms with E-state index >= 15 is 0 Å². The number of nitriles is 1. The van der Waals surface area contributed by atoms with E-state index in [1.54, 1.807) is 0 Å². The maximum Gasteiger partial charge on any atom is 0.134 e. The molecule has 0 saturated heterocycles. The van der Waals surface area contributed by atoms with Crippen molar-refractivity contribution in [2.45, 2.75) is 6.42 Å². The summed E-state index contributed by atoms with van der Waals surface area (Å²) in [5, 5.41) is 26.7. The van der Waals surface area contributed by atoms with Crippen LogP contribution < -0.4 is 0 Å². The molecule has 3 heteroatoms. The largest absolute Gasteiger partial charge is 0.507 e. The van der Waals surface area contributed by atoms with E-state index in [1.807, 2.05) is 6.07 Å². The maximum absolute atomic E-state index is 9.25. The van der Waals surface area contributed by atoms with Gasteiger partial charge in [0.2, 0.25) is 0 Å². The molecule has 0 heterocycles. The number of rotatable bonds is 0. The summed E-state index contributed by atoms with van der Waals surface area (Å²) < 4.78 is 0. The first-order valence-corrected chi connectivity index (χ1v) is 3.62. The zero-order chi connectivity index (χ0) is 9.68. The molecule has 0 atom stereocenters. The van der Waals surface area contributed by atoms with E-state index in [2.05, 4.69) is 11.8 Å². The van der Waals surface area contributed by atoms with Crippen LogP contribution in [0.5, 0.6) is 11.5 Å². The quantitative estimate of drug-likeness (QED) is 0.582. The van der Waals surface area contributed by atoms with Crippen LogP contribution in [-0.4, -0.2) is 10.2 Å². The summed E-state index contributed by atoms with van der Waals surface area (Å²) in [7, 11) is 0. The highest BCUT2D eigenvalue weighted by molar-refractivity contribution is 5.53. The average molecular weight is 173 g/mol. The van der Waals surface area contributed by atoms with Crippen LogP contribution in [0.25, 0.3) is 0 Å². The molecule has 1 aromatic rings. The molecule has 0 bridgehead atoms. The van der Waals surface area contributed by atoms with E-state index in [0.717, 1.165) is 0 Å². The average Bonchev–Trinajstić information content (AvgIpc) is 2.10. The summed E-state index contributed by atoms with van der Waals surface area (Å²) >= 11 is 0. The first-order valence-electron chi connectivity index (χ1n) is 3.62. The van der Waals surface area contributed by atoms with Crippen LogP contribution >= 0.6 is 0 Å². The van der Waals surface area contributed by atoms with Crippen molar-refractivity contribution in [2.24, 2.45) is 0 Å². The second kappa shape index (κ2) is 4.04. The molecule has 0 aliphatic heterocycles. The molecule has 3 nitrogen and oxygen atoms in total. The van der Waals surface area contributed by atoms with Crippen LogP contribution in [0.1, 0.15) is 12.0 Å². The predicted molar refractivity (Wildman–Crippen MR) is 46.9 cm³/mol. The molecular weight excluding hydrogens is 166 g/mol. The first-order chi connectivity index (χ1) is 6.25. The lowest BCUT2D eigenvalue weighted by molar-refractivity contribution is 0.448. The van der Waals surface area contributed by atoms with Crippen molar-refractivity contribution < 1.29 is 10.2 Å². The van der Waals surface area contributed by atoms with E-state index in [1.165, 1.54) is 18.2 Å². The summed E-state index contributed by atoms with van der Waals surface area (Å²) in [4.78, 5) is 0. The van der Waals surface area contributed by atoms with Crippen molar-refractivity contribution in [2.75, 3.05) is 0 Å². The Morgan fingerprint density at radius 2 is 1.85 bits per heavy atom. The monoisotopic (exact) mass is 173 g/mol. The first kappa shape index (κ1) is 8.96. The molecule has 0 amide bonds. The number of nitrogens with zero attached hydrogens (tertiary/aromatic N) is 1. The Kier molecular flexibility index (Phi) is 2.78. The van der Waals surface area contributed by atoms with Gasteiger partial charge in [-0.25, -0.2) is 0 Å². The Bertz CT molecular complexity index is 387. The number of phenols is 2. The van der Waals surface area contributed by atoms with Crippen LogP contribution in [0.2, 0.25) is 0 Å². The summed E-state index contributed by atoms with van der Waals surface area (Å²) in [5.41, 5.74) is 0.165. The lowest BCUT2D eigenvalue weighted by Crippen LogP contribution is -1.77. The van der Waals surface area contributed by atoms with E-state index in [4.69, 9.17) is 5.26 Å². The summed E-state index contributed by atoms with van der Waals surface area (Å²) in [6.07, 6.45) is 0.0772. The number of hydrogen-bond acceptors (Lipinski definition) is 3. The lowest BCUT2D eigenvalue weighted by Gasteiger charge is -1.97. The van der Waals surface area contributed by atoms with Gasteiger partial charge in [-0.15, -0.1) is 0 Å². The summed E-state index contributed by atoms with van der Waals surface area (Å²) in [6, 6.07) is 6.21. The minimum atomic E-state index is -0.0783. The third-order valence-electron chi connectivity index (χ3n) is 1.40. The third kappa shape index (κ3) is 2.15. The molecule has 0 spiro atoms. The number of hydrogen-bond donors (Lipinski definition) is 2. The van der Waals surface area contributed by atoms with Crippen molar-refractivity contribution in [1.82, 2.24) is 0 Å². The molecule has 2 N–H and O–H groups in total. The summed E-state index contributed by atoms with van der Waals surface area (Å²) in [6.45, 7) is 0. The van der Waals surface area contributed by atoms with Gasteiger partial charge >= 0.3 is 0 Å². The van der Waals surface area contributed by atoms with Gasteiger partial charge in [0.25, 0.3) is 0 Å². The standard InChI is InChI=1S/C10H7NO2/c11-7-2-1-4-8-9(12)5-3-6-10(8)13/h3,5-6,12-13H,2H2. The molecule has 64 valence electrons. The molecule has 0 saturated carbocycles. The highest BCUT2D eigenvalue weighted by Crippen LogP contribution is 2.24. The fraction of sp³-hybridized carbons (Fsp3) is 0.100. The van der Waals surface area contributed by atoms with E-state index in [0.29, 0.717) is 0 Å². The minimum absolute atomic E-state index is 0.0772. The molecule has 13 heavy (non-hydrogen) atoms. The van der Waals surface area contributed by atoms with Crippen LogP contribution in [-0.2, 0) is 0 Å². The molecule has 0 aliphatic carbocycles. The second-order valence-corrected chi connectivity index (χ2v) is 2.31. The number of aromatic hydroxyl groups is 2. The molecule has 0 radical (unpaired) electrons. The van der Waals surface area contributed by atoms with Crippen molar-refractivity contribution in [3.8, 4) is 29.4 Å². The van der Waals surface area contributed by atoms with E-state index in [9.17, 15) is 10.2 Å². The molecule has 0 aromatic heterocycles. The van der Waals surface area contributed by atoms with Crippen LogP contribution in [0, 0.1) is 23.2 Å². The Hall–Kier alpha value is -2.13. The summed E-state index contributed by atoms with van der Waals surface area (Å²) in [5.74, 6) is 4.85. The van der Waals surface area contributed by atoms with Gasteiger partial charge in [0.15, 0.2) is 0 Å². The van der Waals surface area contributed by atoms with Crippen LogP contribution in [0.3, 0.4) is 0 Å². The topological polar surface area (TPSA) is 64.2 Å². The predicted octanol–water partition coefficient (Wildman–Crippen LogP) is 1.36. The van der Waals surface area contributed by atoms with Crippen molar-refractivity contribution in [3.63, 3.8) is 0 Å². The highest BCUT2D eigenvalue weighted by atomic mass is 16.3. The molecule has 1 aromatic carbocycles. The second-order valence-electron chi connectivity index (χ2n) is 2.31. The highest BCUT2D eigenvalue weighted by Gasteiger charge is 2.01. The fourth-order valence-corrected chi connectivity index (χ4v) is 0.828. The lowest BCUT2D eigenvalue weighted by atomic mass is 10.2. The Balaban J connectivity index is 3.03. The van der Waals surface area contributed by atoms with Gasteiger partial charge < -0.3 is 10.2 Å². The van der Waals surface area contributed by atoms with Crippen molar-refractivity contribution in [3.05, 3.63) is 23.8 Å². The van der Waals surface area contributed by atoms with Gasteiger partial charge in [-0.05, 0) is 12.1 Å². The van der Waals surface area contributed by atoms with E-state index in [-0.39, 0.29) is 23.5 Å². The molecule has 1 rings (SSSR count). The van der Waals surface area contributed by atoms with Gasteiger partial charge in [0.1, 0.15) is 17.1 Å². The SMILES string of the molecule is N#CCC#Cc1c(O)cccc1O. The number of phenolic OH excluding ortho intramolecular Hbond substituents is 2. The zero-order valence-electron chi connectivity index (χ0n) is 6.78. The Morgan fingerprint density at radius 1 is 1.23 bits per heavy atom. The third-order valence-corrected chi connectivity index (χ3v) is 1.40. The van der Waals surface area contributed by atoms with Gasteiger partial charge in [-0.2, -0.15) is 5.26 Å². The van der Waals surface area contributed by atoms with Crippen LogP contribution in [0.15, 0.2) is 18.2 Å². The maximum atomic E-state index is 9.25. The van der Waals surface area contributed by atoms with Gasteiger partial charge in [-0.1, -0.05) is 17.9 Å². The molecular formula is C10H7NO2. The Labute approximate surface area is 75.9 Å². The van der Waals surface area contributed by atoms with Gasteiger partial charge in [0.05, 0.1) is 12.5 Å². The van der Waals surface area contributed by atoms with E-state index < -0.39 is 0 Å².